The average Bonchev–Trinajstić information content (AvgIpc) is 2.94. The summed E-state index contributed by atoms with van der Waals surface area (Å²) in [6.45, 7) is 8.44. The fourth-order valence-corrected chi connectivity index (χ4v) is 3.09. The molecule has 0 bridgehead atoms. The second-order valence-electron chi connectivity index (χ2n) is 5.69. The van der Waals surface area contributed by atoms with Crippen LogP contribution in [0.5, 0.6) is 0 Å². The maximum atomic E-state index is 12.0. The molecule has 0 aromatic carbocycles. The second kappa shape index (κ2) is 6.16. The summed E-state index contributed by atoms with van der Waals surface area (Å²) < 4.78 is 26.8. The molecule has 102 valence electrons. The lowest BCUT2D eigenvalue weighted by atomic mass is 10.1. The highest BCUT2D eigenvalue weighted by molar-refractivity contribution is 7.90. The van der Waals surface area contributed by atoms with Crippen LogP contribution in [0.4, 0.5) is 0 Å². The summed E-state index contributed by atoms with van der Waals surface area (Å²) in [5.41, 5.74) is 0. The van der Waals surface area contributed by atoms with E-state index in [9.17, 15) is 8.42 Å². The Kier molecular flexibility index (Phi) is 5.41. The predicted molar refractivity (Wildman–Crippen MR) is 71.5 cm³/mol. The molecule has 0 aromatic heterocycles. The van der Waals surface area contributed by atoms with Gasteiger partial charge in [-0.1, -0.05) is 13.8 Å². The largest absolute Gasteiger partial charge is 0.313 e. The molecule has 1 aliphatic rings. The van der Waals surface area contributed by atoms with Gasteiger partial charge in [-0.2, -0.15) is 0 Å². The Morgan fingerprint density at radius 3 is 2.24 bits per heavy atom. The van der Waals surface area contributed by atoms with Crippen LogP contribution in [-0.4, -0.2) is 32.3 Å². The summed E-state index contributed by atoms with van der Waals surface area (Å²) in [4.78, 5) is 0. The summed E-state index contributed by atoms with van der Waals surface area (Å²) in [5.74, 6) is 0.507. The molecule has 0 amide bonds. The molecule has 1 aliphatic carbocycles. The highest BCUT2D eigenvalue weighted by Crippen LogP contribution is 2.18. The molecule has 2 unspecified atom stereocenters. The van der Waals surface area contributed by atoms with Crippen molar-refractivity contribution in [1.29, 1.82) is 0 Å². The number of hydrogen-bond donors (Lipinski definition) is 2. The first-order valence-electron chi connectivity index (χ1n) is 6.55. The molecule has 0 spiro atoms. The lowest BCUT2D eigenvalue weighted by Gasteiger charge is -2.20. The highest BCUT2D eigenvalue weighted by Gasteiger charge is 2.26. The van der Waals surface area contributed by atoms with Crippen LogP contribution in [0.3, 0.4) is 0 Å². The third kappa shape index (κ3) is 5.84. The summed E-state index contributed by atoms with van der Waals surface area (Å²) in [5, 5.41) is 2.89. The van der Waals surface area contributed by atoms with E-state index in [-0.39, 0.29) is 11.3 Å². The molecule has 5 heteroatoms. The van der Waals surface area contributed by atoms with Gasteiger partial charge in [-0.3, -0.25) is 0 Å². The van der Waals surface area contributed by atoms with Crippen molar-refractivity contribution in [2.75, 3.05) is 6.54 Å². The van der Waals surface area contributed by atoms with Crippen molar-refractivity contribution in [3.05, 3.63) is 0 Å². The predicted octanol–water partition coefficient (Wildman–Crippen LogP) is 1.48. The first-order valence-corrected chi connectivity index (χ1v) is 8.10. The Hall–Kier alpha value is -0.130. The molecular formula is C12H26N2O2S. The van der Waals surface area contributed by atoms with Crippen LogP contribution in [0.1, 0.15) is 47.0 Å². The number of nitrogens with one attached hydrogen (secondary N) is 2. The van der Waals surface area contributed by atoms with E-state index in [0.717, 1.165) is 6.42 Å². The van der Waals surface area contributed by atoms with Gasteiger partial charge in [-0.25, -0.2) is 13.1 Å². The molecule has 1 rings (SSSR count). The van der Waals surface area contributed by atoms with E-state index in [1.807, 2.05) is 6.92 Å². The van der Waals surface area contributed by atoms with E-state index in [0.29, 0.717) is 18.5 Å². The van der Waals surface area contributed by atoms with Gasteiger partial charge in [-0.05, 0) is 39.0 Å². The van der Waals surface area contributed by atoms with Crippen molar-refractivity contribution in [1.82, 2.24) is 10.0 Å². The van der Waals surface area contributed by atoms with E-state index in [1.54, 1.807) is 6.92 Å². The lowest BCUT2D eigenvalue weighted by molar-refractivity contribution is 0.477. The Morgan fingerprint density at radius 1 is 1.18 bits per heavy atom. The third-order valence-corrected chi connectivity index (χ3v) is 4.95. The topological polar surface area (TPSA) is 58.2 Å². The fourth-order valence-electron chi connectivity index (χ4n) is 1.88. The maximum absolute atomic E-state index is 12.0. The highest BCUT2D eigenvalue weighted by atomic mass is 32.2. The summed E-state index contributed by atoms with van der Waals surface area (Å²) in [6.07, 6.45) is 3.25. The van der Waals surface area contributed by atoms with Crippen molar-refractivity contribution < 1.29 is 8.42 Å². The normalized spacial score (nSPS) is 20.5. The Morgan fingerprint density at radius 2 is 1.76 bits per heavy atom. The smallest absolute Gasteiger partial charge is 0.215 e. The van der Waals surface area contributed by atoms with Gasteiger partial charge in [0.05, 0.1) is 5.25 Å². The first-order chi connectivity index (χ1) is 7.81. The number of hydrogen-bond acceptors (Lipinski definition) is 3. The maximum Gasteiger partial charge on any atom is 0.215 e. The minimum atomic E-state index is -3.19. The van der Waals surface area contributed by atoms with Gasteiger partial charge < -0.3 is 5.32 Å². The zero-order chi connectivity index (χ0) is 13.1. The average molecular weight is 262 g/mol. The molecule has 2 N–H and O–H groups in total. The van der Waals surface area contributed by atoms with Crippen molar-refractivity contribution in [2.24, 2.45) is 5.92 Å². The fraction of sp³-hybridized carbons (Fsp3) is 1.00. The van der Waals surface area contributed by atoms with Gasteiger partial charge in [0.15, 0.2) is 0 Å². The molecule has 0 aliphatic heterocycles. The standard InChI is InChI=1S/C12H26N2O2S/c1-9(2)7-10(3)14-17(15,16)11(4)8-13-12-5-6-12/h9-14H,5-8H2,1-4H3. The van der Waals surface area contributed by atoms with E-state index in [4.69, 9.17) is 0 Å². The van der Waals surface area contributed by atoms with Crippen molar-refractivity contribution in [3.63, 3.8) is 0 Å². The zero-order valence-electron chi connectivity index (χ0n) is 11.4. The van der Waals surface area contributed by atoms with Crippen molar-refractivity contribution in [2.45, 2.75) is 64.3 Å². The van der Waals surface area contributed by atoms with Gasteiger partial charge in [0.1, 0.15) is 0 Å². The minimum absolute atomic E-state index is 0.0170. The van der Waals surface area contributed by atoms with Gasteiger partial charge >= 0.3 is 0 Å². The Balaban J connectivity index is 2.36. The molecule has 2 atom stereocenters. The van der Waals surface area contributed by atoms with Crippen LogP contribution >= 0.6 is 0 Å². The van der Waals surface area contributed by atoms with Crippen molar-refractivity contribution in [3.8, 4) is 0 Å². The quantitative estimate of drug-likeness (QED) is 0.696. The van der Waals surface area contributed by atoms with Crippen LogP contribution < -0.4 is 10.0 Å². The molecule has 17 heavy (non-hydrogen) atoms. The molecule has 0 aromatic rings. The minimum Gasteiger partial charge on any atom is -0.313 e. The van der Waals surface area contributed by atoms with Gasteiger partial charge in [0.25, 0.3) is 0 Å². The summed E-state index contributed by atoms with van der Waals surface area (Å²) in [6, 6.07) is 0.573. The van der Waals surface area contributed by atoms with Crippen LogP contribution in [0.2, 0.25) is 0 Å². The number of sulfonamides is 1. The number of rotatable bonds is 8. The Bertz CT molecular complexity index is 323. The molecule has 0 radical (unpaired) electrons. The Labute approximate surface area is 106 Å². The van der Waals surface area contributed by atoms with Gasteiger partial charge in [0, 0.05) is 18.6 Å². The van der Waals surface area contributed by atoms with Crippen LogP contribution in [0, 0.1) is 5.92 Å². The van der Waals surface area contributed by atoms with E-state index >= 15 is 0 Å². The molecule has 0 saturated heterocycles. The second-order valence-corrected chi connectivity index (χ2v) is 7.82. The first kappa shape index (κ1) is 14.9. The zero-order valence-corrected chi connectivity index (χ0v) is 12.2. The lowest BCUT2D eigenvalue weighted by Crippen LogP contribution is -2.43. The molecule has 4 nitrogen and oxygen atoms in total. The van der Waals surface area contributed by atoms with Crippen LogP contribution in [-0.2, 0) is 10.0 Å². The van der Waals surface area contributed by atoms with E-state index < -0.39 is 10.0 Å². The van der Waals surface area contributed by atoms with Crippen molar-refractivity contribution >= 4 is 10.0 Å². The summed E-state index contributed by atoms with van der Waals surface area (Å²) in [7, 11) is -3.19. The van der Waals surface area contributed by atoms with E-state index in [2.05, 4.69) is 23.9 Å². The monoisotopic (exact) mass is 262 g/mol. The summed E-state index contributed by atoms with van der Waals surface area (Å²) >= 11 is 0. The molecule has 1 fully saturated rings. The van der Waals surface area contributed by atoms with E-state index in [1.165, 1.54) is 12.8 Å². The van der Waals surface area contributed by atoms with Crippen LogP contribution in [0.15, 0.2) is 0 Å². The van der Waals surface area contributed by atoms with Gasteiger partial charge in [-0.15, -0.1) is 0 Å². The molecular weight excluding hydrogens is 236 g/mol. The SMILES string of the molecule is CC(C)CC(C)NS(=O)(=O)C(C)CNC1CC1. The van der Waals surface area contributed by atoms with Crippen LogP contribution in [0.25, 0.3) is 0 Å². The molecule has 1 saturated carbocycles. The van der Waals surface area contributed by atoms with Gasteiger partial charge in [0.2, 0.25) is 10.0 Å². The molecule has 0 heterocycles. The third-order valence-electron chi connectivity index (χ3n) is 2.99.